The quantitative estimate of drug-likeness (QED) is 0.766. The molecular weight excluding hydrogens is 378 g/mol. The highest BCUT2D eigenvalue weighted by atomic mass is 16.7. The van der Waals surface area contributed by atoms with Crippen LogP contribution in [0.4, 0.5) is 0 Å². The highest BCUT2D eigenvalue weighted by Gasteiger charge is 2.42. The molecule has 2 atom stereocenters. The first-order valence-electron chi connectivity index (χ1n) is 9.41. The molecule has 152 valence electrons. The standard InChI is InChI=1S/C21H21NO7/c1-22(2)6-5-11-7-15-16(27-9-26-15)8-13(11)18(23)19-12-3-4-14-20(28-10-25-14)17(12)21(24)29-19/h3-4,7-8,18-19,23H,5-6,9-10H2,1-2H3/t18-,19?/m0/s1. The molecule has 0 spiro atoms. The lowest BCUT2D eigenvalue weighted by Gasteiger charge is -2.22. The van der Waals surface area contributed by atoms with Gasteiger partial charge in [0, 0.05) is 12.1 Å². The summed E-state index contributed by atoms with van der Waals surface area (Å²) in [4.78, 5) is 14.6. The lowest BCUT2D eigenvalue weighted by molar-refractivity contribution is -0.0106. The molecule has 0 saturated heterocycles. The minimum Gasteiger partial charge on any atom is -0.454 e. The molecule has 29 heavy (non-hydrogen) atoms. The number of aliphatic hydroxyl groups excluding tert-OH is 1. The summed E-state index contributed by atoms with van der Waals surface area (Å²) in [6.07, 6.45) is -1.21. The van der Waals surface area contributed by atoms with Crippen LogP contribution in [-0.2, 0) is 11.2 Å². The van der Waals surface area contributed by atoms with Crippen LogP contribution in [0.5, 0.6) is 23.0 Å². The van der Waals surface area contributed by atoms with Gasteiger partial charge in [0.15, 0.2) is 29.1 Å². The number of nitrogens with zero attached hydrogens (tertiary/aromatic N) is 1. The monoisotopic (exact) mass is 399 g/mol. The number of cyclic esters (lactones) is 1. The lowest BCUT2D eigenvalue weighted by Crippen LogP contribution is -2.18. The predicted molar refractivity (Wildman–Crippen MR) is 101 cm³/mol. The Morgan fingerprint density at radius 2 is 1.79 bits per heavy atom. The Labute approximate surface area is 167 Å². The molecule has 0 aromatic heterocycles. The molecule has 5 rings (SSSR count). The van der Waals surface area contributed by atoms with Gasteiger partial charge in [-0.15, -0.1) is 0 Å². The van der Waals surface area contributed by atoms with Crippen LogP contribution in [-0.4, -0.2) is 50.2 Å². The fourth-order valence-corrected chi connectivity index (χ4v) is 3.91. The molecule has 1 N–H and O–H groups in total. The number of hydrogen-bond donors (Lipinski definition) is 1. The first-order chi connectivity index (χ1) is 14.0. The third kappa shape index (κ3) is 2.95. The molecule has 8 heteroatoms. The summed E-state index contributed by atoms with van der Waals surface area (Å²) in [6, 6.07) is 7.14. The van der Waals surface area contributed by atoms with E-state index < -0.39 is 18.2 Å². The summed E-state index contributed by atoms with van der Waals surface area (Å²) >= 11 is 0. The summed E-state index contributed by atoms with van der Waals surface area (Å²) in [5.74, 6) is 1.58. The molecule has 0 bridgehead atoms. The number of carbonyl (C=O) groups excluding carboxylic acids is 1. The van der Waals surface area contributed by atoms with Crippen molar-refractivity contribution < 1.29 is 33.6 Å². The Bertz CT molecular complexity index is 987. The van der Waals surface area contributed by atoms with Crippen LogP contribution in [0.25, 0.3) is 0 Å². The van der Waals surface area contributed by atoms with E-state index in [4.69, 9.17) is 23.7 Å². The number of benzene rings is 2. The van der Waals surface area contributed by atoms with Gasteiger partial charge in [-0.05, 0) is 49.8 Å². The second kappa shape index (κ2) is 6.82. The molecular formula is C21H21NO7. The van der Waals surface area contributed by atoms with E-state index in [1.165, 1.54) is 0 Å². The number of rotatable bonds is 5. The van der Waals surface area contributed by atoms with Gasteiger partial charge in [-0.2, -0.15) is 0 Å². The molecule has 1 unspecified atom stereocenters. The Kier molecular flexibility index (Phi) is 4.25. The van der Waals surface area contributed by atoms with Gasteiger partial charge in [0.25, 0.3) is 0 Å². The van der Waals surface area contributed by atoms with Crippen molar-refractivity contribution in [1.82, 2.24) is 4.90 Å². The average Bonchev–Trinajstić information content (AvgIpc) is 3.42. The number of aliphatic hydroxyl groups is 1. The minimum absolute atomic E-state index is 0.0587. The second-order valence-corrected chi connectivity index (χ2v) is 7.49. The average molecular weight is 399 g/mol. The van der Waals surface area contributed by atoms with Crippen molar-refractivity contribution in [3.05, 3.63) is 46.5 Å². The number of esters is 1. The molecule has 8 nitrogen and oxygen atoms in total. The fourth-order valence-electron chi connectivity index (χ4n) is 3.91. The number of hydrogen-bond acceptors (Lipinski definition) is 8. The number of ether oxygens (including phenoxy) is 5. The molecule has 0 fully saturated rings. The van der Waals surface area contributed by atoms with Crippen molar-refractivity contribution in [3.63, 3.8) is 0 Å². The maximum Gasteiger partial charge on any atom is 0.343 e. The molecule has 3 aliphatic heterocycles. The smallest absolute Gasteiger partial charge is 0.343 e. The number of fused-ring (bicyclic) bond motifs is 4. The van der Waals surface area contributed by atoms with Crippen LogP contribution in [0, 0.1) is 0 Å². The van der Waals surface area contributed by atoms with E-state index in [9.17, 15) is 9.90 Å². The lowest BCUT2D eigenvalue weighted by atomic mass is 9.91. The first kappa shape index (κ1) is 18.1. The SMILES string of the molecule is CN(C)CCc1cc2c(cc1[C@H](O)C1OC(=O)c3c1ccc1c3OCO1)OCO2. The van der Waals surface area contributed by atoms with Crippen LogP contribution in [0.15, 0.2) is 24.3 Å². The molecule has 0 saturated carbocycles. The van der Waals surface area contributed by atoms with Crippen molar-refractivity contribution in [2.24, 2.45) is 0 Å². The van der Waals surface area contributed by atoms with E-state index in [-0.39, 0.29) is 13.6 Å². The van der Waals surface area contributed by atoms with Gasteiger partial charge < -0.3 is 33.7 Å². The Balaban J connectivity index is 1.53. The zero-order valence-electron chi connectivity index (χ0n) is 16.1. The van der Waals surface area contributed by atoms with Crippen molar-refractivity contribution >= 4 is 5.97 Å². The third-order valence-corrected chi connectivity index (χ3v) is 5.38. The number of likely N-dealkylation sites (N-methyl/N-ethyl adjacent to an activating group) is 1. The summed E-state index contributed by atoms with van der Waals surface area (Å²) in [7, 11) is 3.97. The fraction of sp³-hybridized carbons (Fsp3) is 0.381. The summed E-state index contributed by atoms with van der Waals surface area (Å²) in [6.45, 7) is 0.995. The maximum absolute atomic E-state index is 12.5. The zero-order valence-corrected chi connectivity index (χ0v) is 16.1. The van der Waals surface area contributed by atoms with Gasteiger partial charge in [-0.25, -0.2) is 4.79 Å². The van der Waals surface area contributed by atoms with Crippen molar-refractivity contribution in [2.75, 3.05) is 34.2 Å². The van der Waals surface area contributed by atoms with E-state index in [2.05, 4.69) is 4.90 Å². The maximum atomic E-state index is 12.5. The summed E-state index contributed by atoms with van der Waals surface area (Å²) in [5, 5.41) is 11.3. The van der Waals surface area contributed by atoms with Crippen LogP contribution in [0.2, 0.25) is 0 Å². The van der Waals surface area contributed by atoms with E-state index in [1.807, 2.05) is 20.2 Å². The zero-order chi connectivity index (χ0) is 20.1. The van der Waals surface area contributed by atoms with Gasteiger partial charge >= 0.3 is 5.97 Å². The first-order valence-corrected chi connectivity index (χ1v) is 9.41. The van der Waals surface area contributed by atoms with E-state index in [0.29, 0.717) is 46.1 Å². The van der Waals surface area contributed by atoms with Gasteiger partial charge in [-0.1, -0.05) is 6.07 Å². The number of carbonyl (C=O) groups is 1. The molecule has 3 heterocycles. The van der Waals surface area contributed by atoms with E-state index in [0.717, 1.165) is 12.1 Å². The highest BCUT2D eigenvalue weighted by Crippen LogP contribution is 2.49. The van der Waals surface area contributed by atoms with E-state index in [1.54, 1.807) is 18.2 Å². The van der Waals surface area contributed by atoms with Crippen LogP contribution in [0.1, 0.15) is 39.3 Å². The molecule has 2 aromatic rings. The van der Waals surface area contributed by atoms with Crippen molar-refractivity contribution in [3.8, 4) is 23.0 Å². The molecule has 0 radical (unpaired) electrons. The molecule has 0 aliphatic carbocycles. The van der Waals surface area contributed by atoms with Crippen molar-refractivity contribution in [1.29, 1.82) is 0 Å². The van der Waals surface area contributed by atoms with Gasteiger partial charge in [0.05, 0.1) is 0 Å². The second-order valence-electron chi connectivity index (χ2n) is 7.49. The molecule has 3 aliphatic rings. The summed E-state index contributed by atoms with van der Waals surface area (Å²) < 4.78 is 27.4. The largest absolute Gasteiger partial charge is 0.454 e. The van der Waals surface area contributed by atoms with Gasteiger partial charge in [0.1, 0.15) is 11.7 Å². The topological polar surface area (TPSA) is 86.7 Å². The molecule has 0 amide bonds. The molecule has 2 aromatic carbocycles. The normalized spacial score (nSPS) is 19.4. The van der Waals surface area contributed by atoms with E-state index >= 15 is 0 Å². The van der Waals surface area contributed by atoms with Crippen LogP contribution in [0.3, 0.4) is 0 Å². The Morgan fingerprint density at radius 3 is 2.59 bits per heavy atom. The minimum atomic E-state index is -1.06. The van der Waals surface area contributed by atoms with Crippen molar-refractivity contribution in [2.45, 2.75) is 18.6 Å². The highest BCUT2D eigenvalue weighted by molar-refractivity contribution is 5.98. The van der Waals surface area contributed by atoms with Crippen LogP contribution >= 0.6 is 0 Å². The summed E-state index contributed by atoms with van der Waals surface area (Å²) in [5.41, 5.74) is 2.47. The Hall–Kier alpha value is -2.97. The predicted octanol–water partition coefficient (Wildman–Crippen LogP) is 2.19. The van der Waals surface area contributed by atoms with Gasteiger partial charge in [0.2, 0.25) is 13.6 Å². The Morgan fingerprint density at radius 1 is 1.07 bits per heavy atom. The van der Waals surface area contributed by atoms with Gasteiger partial charge in [-0.3, -0.25) is 0 Å². The van der Waals surface area contributed by atoms with Crippen LogP contribution < -0.4 is 18.9 Å². The third-order valence-electron chi connectivity index (χ3n) is 5.38.